The quantitative estimate of drug-likeness (QED) is 0.731. The van der Waals surface area contributed by atoms with E-state index in [1.165, 1.54) is 0 Å². The van der Waals surface area contributed by atoms with Crippen LogP contribution in [0.25, 0.3) is 0 Å². The summed E-state index contributed by atoms with van der Waals surface area (Å²) in [6.07, 6.45) is -1.31. The van der Waals surface area contributed by atoms with Crippen molar-refractivity contribution in [1.29, 1.82) is 0 Å². The van der Waals surface area contributed by atoms with Crippen LogP contribution in [0, 0.1) is 0 Å². The van der Waals surface area contributed by atoms with E-state index in [-0.39, 0.29) is 0 Å². The highest BCUT2D eigenvalue weighted by atomic mass is 16.7. The molecule has 0 fully saturated rings. The van der Waals surface area contributed by atoms with Gasteiger partial charge in [0.2, 0.25) is 0 Å². The minimum absolute atomic E-state index is 0.522. The van der Waals surface area contributed by atoms with Crippen LogP contribution in [0.15, 0.2) is 30.3 Å². The third kappa shape index (κ3) is 3.63. The number of hydrogen-bond acceptors (Lipinski definition) is 3. The van der Waals surface area contributed by atoms with Gasteiger partial charge >= 0.3 is 0 Å². The summed E-state index contributed by atoms with van der Waals surface area (Å²) in [5, 5.41) is 9.99. The molecular formula is C12H18O3. The Morgan fingerprint density at radius 2 is 1.60 bits per heavy atom. The lowest BCUT2D eigenvalue weighted by molar-refractivity contribution is -0.191. The first kappa shape index (κ1) is 12.2. The van der Waals surface area contributed by atoms with Crippen LogP contribution in [0.5, 0.6) is 0 Å². The predicted molar refractivity (Wildman–Crippen MR) is 58.4 cm³/mol. The zero-order chi connectivity index (χ0) is 11.1. The van der Waals surface area contributed by atoms with Gasteiger partial charge in [-0.1, -0.05) is 30.3 Å². The second-order valence-electron chi connectivity index (χ2n) is 3.13. The second kappa shape index (κ2) is 6.56. The molecule has 1 atom stereocenters. The molecule has 1 aromatic rings. The highest BCUT2D eigenvalue weighted by molar-refractivity contribution is 5.17. The smallest absolute Gasteiger partial charge is 0.187 e. The number of hydrogen-bond donors (Lipinski definition) is 1. The van der Waals surface area contributed by atoms with Gasteiger partial charge in [0.25, 0.3) is 0 Å². The Morgan fingerprint density at radius 1 is 1.07 bits per heavy atom. The van der Waals surface area contributed by atoms with E-state index in [2.05, 4.69) is 0 Å². The van der Waals surface area contributed by atoms with E-state index in [0.29, 0.717) is 13.2 Å². The molecule has 0 heterocycles. The Morgan fingerprint density at radius 3 is 2.07 bits per heavy atom. The third-order valence-corrected chi connectivity index (χ3v) is 2.06. The number of rotatable bonds is 6. The maximum atomic E-state index is 9.99. The zero-order valence-electron chi connectivity index (χ0n) is 9.22. The molecule has 0 aliphatic carbocycles. The molecule has 0 radical (unpaired) electrons. The van der Waals surface area contributed by atoms with Gasteiger partial charge in [0.1, 0.15) is 6.10 Å². The molecule has 3 nitrogen and oxygen atoms in total. The summed E-state index contributed by atoms with van der Waals surface area (Å²) >= 11 is 0. The van der Waals surface area contributed by atoms with Gasteiger partial charge < -0.3 is 14.6 Å². The zero-order valence-corrected chi connectivity index (χ0v) is 9.22. The second-order valence-corrected chi connectivity index (χ2v) is 3.13. The Balaban J connectivity index is 2.67. The maximum Gasteiger partial charge on any atom is 0.187 e. The van der Waals surface area contributed by atoms with Gasteiger partial charge in [-0.3, -0.25) is 0 Å². The first-order valence-electron chi connectivity index (χ1n) is 5.25. The Labute approximate surface area is 90.6 Å². The van der Waals surface area contributed by atoms with Gasteiger partial charge in [0.05, 0.1) is 0 Å². The van der Waals surface area contributed by atoms with Gasteiger partial charge in [-0.2, -0.15) is 0 Å². The molecule has 1 aromatic carbocycles. The topological polar surface area (TPSA) is 38.7 Å². The molecular weight excluding hydrogens is 192 g/mol. The highest BCUT2D eigenvalue weighted by Gasteiger charge is 2.20. The first-order chi connectivity index (χ1) is 7.29. The van der Waals surface area contributed by atoms with Crippen molar-refractivity contribution in [3.63, 3.8) is 0 Å². The van der Waals surface area contributed by atoms with E-state index < -0.39 is 12.4 Å². The Bertz CT molecular complexity index is 255. The highest BCUT2D eigenvalue weighted by Crippen LogP contribution is 2.19. The minimum atomic E-state index is -0.730. The van der Waals surface area contributed by atoms with Crippen LogP contribution in [-0.2, 0) is 9.47 Å². The van der Waals surface area contributed by atoms with Crippen molar-refractivity contribution in [1.82, 2.24) is 0 Å². The molecule has 0 aromatic heterocycles. The van der Waals surface area contributed by atoms with Gasteiger partial charge in [-0.15, -0.1) is 0 Å². The fourth-order valence-corrected chi connectivity index (χ4v) is 1.37. The number of ether oxygens (including phenoxy) is 2. The van der Waals surface area contributed by atoms with Crippen LogP contribution in [0.1, 0.15) is 25.5 Å². The fraction of sp³-hybridized carbons (Fsp3) is 0.500. The number of aliphatic hydroxyl groups is 1. The summed E-state index contributed by atoms with van der Waals surface area (Å²) in [6.45, 7) is 4.80. The SMILES string of the molecule is CCOC(OCC)[C@H](O)c1ccccc1. The molecule has 0 aliphatic rings. The Hall–Kier alpha value is -0.900. The van der Waals surface area contributed by atoms with Crippen molar-refractivity contribution in [3.05, 3.63) is 35.9 Å². The maximum absolute atomic E-state index is 9.99. The summed E-state index contributed by atoms with van der Waals surface area (Å²) < 4.78 is 10.7. The van der Waals surface area contributed by atoms with Crippen molar-refractivity contribution in [2.24, 2.45) is 0 Å². The van der Waals surface area contributed by atoms with E-state index in [1.807, 2.05) is 44.2 Å². The van der Waals surface area contributed by atoms with Crippen LogP contribution in [0.2, 0.25) is 0 Å². The van der Waals surface area contributed by atoms with Gasteiger partial charge in [0, 0.05) is 13.2 Å². The fourth-order valence-electron chi connectivity index (χ4n) is 1.37. The molecule has 0 aliphatic heterocycles. The van der Waals surface area contributed by atoms with Crippen LogP contribution >= 0.6 is 0 Å². The lowest BCUT2D eigenvalue weighted by Crippen LogP contribution is -2.25. The summed E-state index contributed by atoms with van der Waals surface area (Å²) in [5.74, 6) is 0. The summed E-state index contributed by atoms with van der Waals surface area (Å²) in [7, 11) is 0. The van der Waals surface area contributed by atoms with Crippen molar-refractivity contribution in [2.45, 2.75) is 26.2 Å². The van der Waals surface area contributed by atoms with E-state index in [0.717, 1.165) is 5.56 Å². The lowest BCUT2D eigenvalue weighted by atomic mass is 10.1. The molecule has 0 saturated carbocycles. The predicted octanol–water partition coefficient (Wildman–Crippen LogP) is 2.12. The van der Waals surface area contributed by atoms with Crippen molar-refractivity contribution < 1.29 is 14.6 Å². The molecule has 84 valence electrons. The van der Waals surface area contributed by atoms with Crippen molar-refractivity contribution >= 4 is 0 Å². The number of benzene rings is 1. The third-order valence-electron chi connectivity index (χ3n) is 2.06. The average Bonchev–Trinajstić information content (AvgIpc) is 2.29. The monoisotopic (exact) mass is 210 g/mol. The van der Waals surface area contributed by atoms with E-state index >= 15 is 0 Å². The van der Waals surface area contributed by atoms with Crippen molar-refractivity contribution in [2.75, 3.05) is 13.2 Å². The molecule has 3 heteroatoms. The average molecular weight is 210 g/mol. The van der Waals surface area contributed by atoms with Crippen LogP contribution < -0.4 is 0 Å². The molecule has 0 bridgehead atoms. The summed E-state index contributed by atoms with van der Waals surface area (Å²) in [6, 6.07) is 9.39. The minimum Gasteiger partial charge on any atom is -0.383 e. The van der Waals surface area contributed by atoms with Crippen LogP contribution in [0.4, 0.5) is 0 Å². The number of aliphatic hydroxyl groups excluding tert-OH is 1. The van der Waals surface area contributed by atoms with Crippen molar-refractivity contribution in [3.8, 4) is 0 Å². The standard InChI is InChI=1S/C12H18O3/c1-3-14-12(15-4-2)11(13)10-8-6-5-7-9-10/h5-9,11-13H,3-4H2,1-2H3/t11-/m1/s1. The molecule has 0 unspecified atom stereocenters. The van der Waals surface area contributed by atoms with E-state index in [1.54, 1.807) is 0 Å². The lowest BCUT2D eigenvalue weighted by Gasteiger charge is -2.22. The van der Waals surface area contributed by atoms with Gasteiger partial charge in [-0.05, 0) is 19.4 Å². The first-order valence-corrected chi connectivity index (χ1v) is 5.25. The molecule has 15 heavy (non-hydrogen) atoms. The molecule has 0 spiro atoms. The molecule has 1 rings (SSSR count). The molecule has 1 N–H and O–H groups in total. The summed E-state index contributed by atoms with van der Waals surface area (Å²) in [5.41, 5.74) is 0.810. The van der Waals surface area contributed by atoms with E-state index in [9.17, 15) is 5.11 Å². The van der Waals surface area contributed by atoms with Crippen LogP contribution in [-0.4, -0.2) is 24.6 Å². The van der Waals surface area contributed by atoms with Gasteiger partial charge in [-0.25, -0.2) is 0 Å². The summed E-state index contributed by atoms with van der Waals surface area (Å²) in [4.78, 5) is 0. The molecule has 0 saturated heterocycles. The van der Waals surface area contributed by atoms with Crippen LogP contribution in [0.3, 0.4) is 0 Å². The van der Waals surface area contributed by atoms with E-state index in [4.69, 9.17) is 9.47 Å². The van der Waals surface area contributed by atoms with Gasteiger partial charge in [0.15, 0.2) is 6.29 Å². The largest absolute Gasteiger partial charge is 0.383 e. The Kier molecular flexibility index (Phi) is 5.32. The normalized spacial score (nSPS) is 13.1. The molecule has 0 amide bonds.